The molecular weight excluding hydrogens is 254 g/mol. The fraction of sp³-hybridized carbons (Fsp3) is 0.125. The van der Waals surface area contributed by atoms with Crippen LogP contribution in [-0.4, -0.2) is 10.9 Å². The summed E-state index contributed by atoms with van der Waals surface area (Å²) in [5.41, 5.74) is 1.33. The number of phenols is 1. The van der Waals surface area contributed by atoms with Crippen LogP contribution in [0.2, 0.25) is 0 Å². The summed E-state index contributed by atoms with van der Waals surface area (Å²) in [5.74, 6) is -0.230. The number of rotatable bonds is 4. The highest BCUT2D eigenvalue weighted by molar-refractivity contribution is 5.97. The lowest BCUT2D eigenvalue weighted by Crippen LogP contribution is -2.00. The lowest BCUT2D eigenvalue weighted by molar-refractivity contribution is 0.101. The number of phenolic OH excluding ortho intramolecular Hbond substituents is 1. The molecule has 0 aliphatic carbocycles. The first kappa shape index (κ1) is 13.6. The first-order chi connectivity index (χ1) is 9.61. The molecule has 0 heterocycles. The smallest absolute Gasteiger partial charge is 0.162 e. The minimum Gasteiger partial charge on any atom is -0.504 e. The van der Waals surface area contributed by atoms with Gasteiger partial charge in [0.25, 0.3) is 0 Å². The van der Waals surface area contributed by atoms with E-state index in [2.05, 4.69) is 0 Å². The van der Waals surface area contributed by atoms with Crippen LogP contribution in [0.1, 0.15) is 28.4 Å². The van der Waals surface area contributed by atoms with Crippen LogP contribution < -0.4 is 4.74 Å². The summed E-state index contributed by atoms with van der Waals surface area (Å²) >= 11 is 0. The van der Waals surface area contributed by atoms with E-state index in [4.69, 9.17) is 10.00 Å². The Morgan fingerprint density at radius 2 is 2.00 bits per heavy atom. The Balaban J connectivity index is 2.25. The predicted octanol–water partition coefficient (Wildman–Crippen LogP) is 3.05. The van der Waals surface area contributed by atoms with Gasteiger partial charge in [-0.15, -0.1) is 0 Å². The van der Waals surface area contributed by atoms with Gasteiger partial charge in [-0.2, -0.15) is 5.26 Å². The van der Waals surface area contributed by atoms with Gasteiger partial charge in [0.15, 0.2) is 17.3 Å². The predicted molar refractivity (Wildman–Crippen MR) is 73.6 cm³/mol. The van der Waals surface area contributed by atoms with Crippen LogP contribution in [0, 0.1) is 11.3 Å². The molecule has 0 atom stereocenters. The van der Waals surface area contributed by atoms with E-state index < -0.39 is 0 Å². The number of carbonyl (C=O) groups is 1. The number of benzene rings is 2. The number of nitrogens with zero attached hydrogens (tertiary/aromatic N) is 1. The third-order valence-corrected chi connectivity index (χ3v) is 2.84. The lowest BCUT2D eigenvalue weighted by atomic mass is 10.0. The van der Waals surface area contributed by atoms with Crippen molar-refractivity contribution >= 4 is 5.78 Å². The molecule has 2 aromatic carbocycles. The second-order valence-corrected chi connectivity index (χ2v) is 4.31. The molecule has 0 amide bonds. The number of aromatic hydroxyl groups is 1. The normalized spacial score (nSPS) is 9.80. The van der Waals surface area contributed by atoms with E-state index in [1.807, 2.05) is 36.4 Å². The van der Waals surface area contributed by atoms with Gasteiger partial charge >= 0.3 is 0 Å². The zero-order chi connectivity index (χ0) is 14.5. The second-order valence-electron chi connectivity index (χ2n) is 4.31. The van der Waals surface area contributed by atoms with Gasteiger partial charge in [0.1, 0.15) is 12.7 Å². The van der Waals surface area contributed by atoms with Crippen molar-refractivity contribution in [2.45, 2.75) is 13.5 Å². The molecular formula is C16H13NO3. The molecule has 0 aliphatic rings. The van der Waals surface area contributed by atoms with Crippen LogP contribution in [0.25, 0.3) is 0 Å². The number of ether oxygens (including phenoxy) is 1. The zero-order valence-corrected chi connectivity index (χ0v) is 11.0. The number of nitriles is 1. The van der Waals surface area contributed by atoms with Crippen LogP contribution in [0.15, 0.2) is 42.5 Å². The molecule has 4 nitrogen and oxygen atoms in total. The van der Waals surface area contributed by atoms with E-state index in [0.29, 0.717) is 0 Å². The molecule has 0 fully saturated rings. The minimum atomic E-state index is -0.272. The van der Waals surface area contributed by atoms with E-state index in [9.17, 15) is 9.90 Å². The van der Waals surface area contributed by atoms with Crippen LogP contribution in [-0.2, 0) is 6.61 Å². The molecule has 0 aromatic heterocycles. The van der Waals surface area contributed by atoms with E-state index >= 15 is 0 Å². The maximum absolute atomic E-state index is 11.4. The van der Waals surface area contributed by atoms with E-state index in [-0.39, 0.29) is 35.0 Å². The summed E-state index contributed by atoms with van der Waals surface area (Å²) < 4.78 is 5.49. The van der Waals surface area contributed by atoms with Crippen molar-refractivity contribution in [1.82, 2.24) is 0 Å². The molecule has 2 aromatic rings. The molecule has 0 saturated carbocycles. The van der Waals surface area contributed by atoms with Crippen molar-refractivity contribution in [2.75, 3.05) is 0 Å². The maximum atomic E-state index is 11.4. The van der Waals surface area contributed by atoms with Gasteiger partial charge < -0.3 is 9.84 Å². The topological polar surface area (TPSA) is 70.3 Å². The summed E-state index contributed by atoms with van der Waals surface area (Å²) in [5, 5.41) is 18.9. The molecule has 0 bridgehead atoms. The average Bonchev–Trinajstić information content (AvgIpc) is 2.46. The molecule has 20 heavy (non-hydrogen) atoms. The maximum Gasteiger partial charge on any atom is 0.162 e. The molecule has 100 valence electrons. The van der Waals surface area contributed by atoms with E-state index in [1.54, 1.807) is 0 Å². The number of ketones is 1. The van der Waals surface area contributed by atoms with Crippen LogP contribution in [0.4, 0.5) is 0 Å². The van der Waals surface area contributed by atoms with Crippen molar-refractivity contribution in [2.24, 2.45) is 0 Å². The van der Waals surface area contributed by atoms with Gasteiger partial charge in [-0.1, -0.05) is 30.3 Å². The number of hydrogen-bond donors (Lipinski definition) is 1. The summed E-state index contributed by atoms with van der Waals surface area (Å²) in [7, 11) is 0. The SMILES string of the molecule is CC(=O)c1cc(O)c(OCc2ccccc2)cc1C#N. The Hall–Kier alpha value is -2.80. The third kappa shape index (κ3) is 2.96. The van der Waals surface area contributed by atoms with E-state index in [0.717, 1.165) is 5.56 Å². The molecule has 0 aliphatic heterocycles. The minimum absolute atomic E-state index is 0.148. The monoisotopic (exact) mass is 267 g/mol. The third-order valence-electron chi connectivity index (χ3n) is 2.84. The first-order valence-electron chi connectivity index (χ1n) is 6.06. The van der Waals surface area contributed by atoms with E-state index in [1.165, 1.54) is 19.1 Å². The summed E-state index contributed by atoms with van der Waals surface area (Å²) in [6.45, 7) is 1.62. The Labute approximate surface area is 116 Å². The van der Waals surface area contributed by atoms with Gasteiger partial charge in [-0.05, 0) is 18.6 Å². The molecule has 0 radical (unpaired) electrons. The Bertz CT molecular complexity index is 672. The van der Waals surface area contributed by atoms with Gasteiger partial charge in [-0.25, -0.2) is 0 Å². The Morgan fingerprint density at radius 3 is 2.60 bits per heavy atom. The summed E-state index contributed by atoms with van der Waals surface area (Å²) in [6.07, 6.45) is 0. The number of Topliss-reactive ketones (excluding diaryl/α,β-unsaturated/α-hetero) is 1. The van der Waals surface area contributed by atoms with Crippen molar-refractivity contribution < 1.29 is 14.6 Å². The zero-order valence-electron chi connectivity index (χ0n) is 11.0. The molecule has 0 saturated heterocycles. The lowest BCUT2D eigenvalue weighted by Gasteiger charge is -2.10. The Kier molecular flexibility index (Phi) is 4.02. The average molecular weight is 267 g/mol. The summed E-state index contributed by atoms with van der Waals surface area (Å²) in [4.78, 5) is 11.4. The number of hydrogen-bond acceptors (Lipinski definition) is 4. The fourth-order valence-electron chi connectivity index (χ4n) is 1.80. The molecule has 2 rings (SSSR count). The van der Waals surface area contributed by atoms with Crippen LogP contribution in [0.3, 0.4) is 0 Å². The molecule has 0 unspecified atom stereocenters. The largest absolute Gasteiger partial charge is 0.504 e. The Morgan fingerprint density at radius 1 is 1.30 bits per heavy atom. The van der Waals surface area contributed by atoms with Crippen LogP contribution in [0.5, 0.6) is 11.5 Å². The summed E-state index contributed by atoms with van der Waals surface area (Å²) in [6, 6.07) is 14.0. The number of carbonyl (C=O) groups excluding carboxylic acids is 1. The van der Waals surface area contributed by atoms with Crippen LogP contribution >= 0.6 is 0 Å². The fourth-order valence-corrected chi connectivity index (χ4v) is 1.80. The molecule has 4 heteroatoms. The second kappa shape index (κ2) is 5.89. The van der Waals surface area contributed by atoms with Crippen molar-refractivity contribution in [1.29, 1.82) is 5.26 Å². The highest BCUT2D eigenvalue weighted by atomic mass is 16.5. The van der Waals surface area contributed by atoms with Gasteiger partial charge in [0.05, 0.1) is 5.56 Å². The van der Waals surface area contributed by atoms with Crippen molar-refractivity contribution in [3.63, 3.8) is 0 Å². The highest BCUT2D eigenvalue weighted by Gasteiger charge is 2.13. The highest BCUT2D eigenvalue weighted by Crippen LogP contribution is 2.30. The molecule has 1 N–H and O–H groups in total. The van der Waals surface area contributed by atoms with Gasteiger partial charge in [0.2, 0.25) is 0 Å². The first-order valence-corrected chi connectivity index (χ1v) is 6.06. The standard InChI is InChI=1S/C16H13NO3/c1-11(18)14-8-15(19)16(7-13(14)9-17)20-10-12-5-3-2-4-6-12/h2-8,19H,10H2,1H3. The van der Waals surface area contributed by atoms with Crippen molar-refractivity contribution in [3.8, 4) is 17.6 Å². The van der Waals surface area contributed by atoms with Crippen molar-refractivity contribution in [3.05, 3.63) is 59.2 Å². The quantitative estimate of drug-likeness (QED) is 0.864. The van der Waals surface area contributed by atoms with Gasteiger partial charge in [0, 0.05) is 11.6 Å². The van der Waals surface area contributed by atoms with Gasteiger partial charge in [-0.3, -0.25) is 4.79 Å². The molecule has 0 spiro atoms.